The summed E-state index contributed by atoms with van der Waals surface area (Å²) in [4.78, 5) is 0. The molecule has 1 aliphatic rings. The summed E-state index contributed by atoms with van der Waals surface area (Å²) in [5.74, 6) is 0. The Morgan fingerprint density at radius 1 is 1.22 bits per heavy atom. The number of ether oxygens (including phenoxy) is 2. The lowest BCUT2D eigenvalue weighted by atomic mass is 9.72. The lowest BCUT2D eigenvalue weighted by Crippen LogP contribution is -2.38. The number of nitrogens with two attached hydrogens (primary N) is 1. The van der Waals surface area contributed by atoms with Gasteiger partial charge in [-0.05, 0) is 37.8 Å². The Balaban J connectivity index is 2.18. The molecule has 0 radical (unpaired) electrons. The highest BCUT2D eigenvalue weighted by Gasteiger charge is 2.29. The molecule has 1 saturated carbocycles. The minimum absolute atomic E-state index is 0.148. The fourth-order valence-corrected chi connectivity index (χ4v) is 2.87. The van der Waals surface area contributed by atoms with Gasteiger partial charge in [0.15, 0.2) is 0 Å². The highest BCUT2D eigenvalue weighted by Crippen LogP contribution is 2.37. The second kappa shape index (κ2) is 8.86. The third-order valence-corrected chi connectivity index (χ3v) is 4.24. The molecule has 0 aromatic heterocycles. The summed E-state index contributed by atoms with van der Waals surface area (Å²) in [5, 5.41) is 3.47. The molecule has 1 aliphatic carbocycles. The van der Waals surface area contributed by atoms with E-state index in [9.17, 15) is 0 Å². The molecule has 0 saturated heterocycles. The van der Waals surface area contributed by atoms with Crippen molar-refractivity contribution in [1.82, 2.24) is 5.32 Å². The highest BCUT2D eigenvalue weighted by molar-refractivity contribution is 4.84. The molecule has 0 aromatic carbocycles. The molecule has 0 spiro atoms. The molecule has 0 aromatic rings. The first-order chi connectivity index (χ1) is 8.76. The summed E-state index contributed by atoms with van der Waals surface area (Å²) >= 11 is 0. The van der Waals surface area contributed by atoms with E-state index < -0.39 is 0 Å². The van der Waals surface area contributed by atoms with Gasteiger partial charge in [0.25, 0.3) is 0 Å². The Morgan fingerprint density at radius 2 is 1.94 bits per heavy atom. The monoisotopic (exact) mass is 258 g/mol. The maximum absolute atomic E-state index is 5.98. The van der Waals surface area contributed by atoms with Gasteiger partial charge in [0, 0.05) is 20.8 Å². The van der Waals surface area contributed by atoms with Gasteiger partial charge in [-0.3, -0.25) is 0 Å². The zero-order valence-electron chi connectivity index (χ0n) is 12.0. The fourth-order valence-electron chi connectivity index (χ4n) is 2.87. The highest BCUT2D eigenvalue weighted by atomic mass is 16.5. The molecule has 0 heterocycles. The number of rotatable bonds is 9. The van der Waals surface area contributed by atoms with Crippen LogP contribution in [0.5, 0.6) is 0 Å². The van der Waals surface area contributed by atoms with E-state index >= 15 is 0 Å². The lowest BCUT2D eigenvalue weighted by Gasteiger charge is -2.36. The molecule has 1 rings (SSSR count). The van der Waals surface area contributed by atoms with Crippen molar-refractivity contribution in [3.63, 3.8) is 0 Å². The van der Waals surface area contributed by atoms with Crippen LogP contribution in [0.3, 0.4) is 0 Å². The van der Waals surface area contributed by atoms with Crippen molar-refractivity contribution >= 4 is 0 Å². The smallest absolute Gasteiger partial charge is 0.0928 e. The maximum atomic E-state index is 5.98. The normalized spacial score (nSPS) is 20.8. The summed E-state index contributed by atoms with van der Waals surface area (Å²) < 4.78 is 10.4. The van der Waals surface area contributed by atoms with Gasteiger partial charge in [-0.2, -0.15) is 0 Å². The van der Waals surface area contributed by atoms with E-state index in [2.05, 4.69) is 5.32 Å². The van der Waals surface area contributed by atoms with Crippen LogP contribution in [-0.4, -0.2) is 46.6 Å². The van der Waals surface area contributed by atoms with Crippen molar-refractivity contribution in [1.29, 1.82) is 0 Å². The van der Waals surface area contributed by atoms with Crippen LogP contribution in [0.2, 0.25) is 0 Å². The number of hydrogen-bond acceptors (Lipinski definition) is 4. The topological polar surface area (TPSA) is 56.5 Å². The third-order valence-electron chi connectivity index (χ3n) is 4.24. The van der Waals surface area contributed by atoms with E-state index in [1.165, 1.54) is 38.5 Å². The molecule has 1 unspecified atom stereocenters. The average molecular weight is 258 g/mol. The van der Waals surface area contributed by atoms with Gasteiger partial charge >= 0.3 is 0 Å². The Bertz CT molecular complexity index is 206. The molecule has 3 N–H and O–H groups in total. The second-order valence-electron chi connectivity index (χ2n) is 5.53. The quantitative estimate of drug-likeness (QED) is 0.616. The first-order valence-corrected chi connectivity index (χ1v) is 7.19. The average Bonchev–Trinajstić information content (AvgIpc) is 2.43. The summed E-state index contributed by atoms with van der Waals surface area (Å²) in [6.45, 7) is 3.36. The van der Waals surface area contributed by atoms with Crippen LogP contribution < -0.4 is 11.1 Å². The van der Waals surface area contributed by atoms with Gasteiger partial charge in [0.05, 0.1) is 12.7 Å². The summed E-state index contributed by atoms with van der Waals surface area (Å²) in [7, 11) is 3.44. The summed E-state index contributed by atoms with van der Waals surface area (Å²) in [5.41, 5.74) is 6.38. The molecule has 4 heteroatoms. The first-order valence-electron chi connectivity index (χ1n) is 7.19. The molecule has 18 heavy (non-hydrogen) atoms. The third kappa shape index (κ3) is 5.22. The van der Waals surface area contributed by atoms with Crippen LogP contribution >= 0.6 is 0 Å². The maximum Gasteiger partial charge on any atom is 0.0928 e. The zero-order chi connectivity index (χ0) is 13.3. The molecule has 108 valence electrons. The van der Waals surface area contributed by atoms with Gasteiger partial charge in [0.2, 0.25) is 0 Å². The van der Waals surface area contributed by atoms with E-state index in [0.29, 0.717) is 12.0 Å². The van der Waals surface area contributed by atoms with Gasteiger partial charge in [-0.25, -0.2) is 0 Å². The van der Waals surface area contributed by atoms with E-state index in [0.717, 1.165) is 19.6 Å². The van der Waals surface area contributed by atoms with Crippen LogP contribution in [0.15, 0.2) is 0 Å². The SMILES string of the molecule is COCC(CNCCC1(CN)CCCCC1)OC. The van der Waals surface area contributed by atoms with Crippen LogP contribution in [0.4, 0.5) is 0 Å². The molecule has 1 fully saturated rings. The van der Waals surface area contributed by atoms with Crippen LogP contribution in [0, 0.1) is 5.41 Å². The summed E-state index contributed by atoms with van der Waals surface area (Å²) in [6.07, 6.45) is 8.02. The molecular formula is C14H30N2O2. The molecule has 0 aliphatic heterocycles. The molecular weight excluding hydrogens is 228 g/mol. The van der Waals surface area contributed by atoms with Crippen LogP contribution in [-0.2, 0) is 9.47 Å². The fraction of sp³-hybridized carbons (Fsp3) is 1.00. The predicted octanol–water partition coefficient (Wildman–Crippen LogP) is 1.54. The number of nitrogens with one attached hydrogen (secondary N) is 1. The van der Waals surface area contributed by atoms with Crippen LogP contribution in [0.25, 0.3) is 0 Å². The Kier molecular flexibility index (Phi) is 7.82. The minimum atomic E-state index is 0.148. The largest absolute Gasteiger partial charge is 0.382 e. The van der Waals surface area contributed by atoms with Crippen molar-refractivity contribution in [2.45, 2.75) is 44.6 Å². The second-order valence-corrected chi connectivity index (χ2v) is 5.53. The van der Waals surface area contributed by atoms with Gasteiger partial charge in [0.1, 0.15) is 0 Å². The first kappa shape index (κ1) is 15.9. The standard InChI is InChI=1S/C14H30N2O2/c1-17-11-13(18-2)10-16-9-8-14(12-15)6-4-3-5-7-14/h13,16H,3-12,15H2,1-2H3. The predicted molar refractivity (Wildman–Crippen MR) is 74.7 cm³/mol. The minimum Gasteiger partial charge on any atom is -0.382 e. The van der Waals surface area contributed by atoms with Gasteiger partial charge < -0.3 is 20.5 Å². The molecule has 0 amide bonds. The van der Waals surface area contributed by atoms with Crippen molar-refractivity contribution in [2.75, 3.05) is 40.5 Å². The van der Waals surface area contributed by atoms with Crippen LogP contribution in [0.1, 0.15) is 38.5 Å². The van der Waals surface area contributed by atoms with E-state index in [1.807, 2.05) is 0 Å². The van der Waals surface area contributed by atoms with Crippen molar-refractivity contribution in [3.05, 3.63) is 0 Å². The Hall–Kier alpha value is -0.160. The van der Waals surface area contributed by atoms with Crippen molar-refractivity contribution in [3.8, 4) is 0 Å². The Morgan fingerprint density at radius 3 is 2.50 bits per heavy atom. The summed E-state index contributed by atoms with van der Waals surface area (Å²) in [6, 6.07) is 0. The van der Waals surface area contributed by atoms with Gasteiger partial charge in [-0.15, -0.1) is 0 Å². The van der Waals surface area contributed by atoms with Crippen molar-refractivity contribution < 1.29 is 9.47 Å². The van der Waals surface area contributed by atoms with E-state index in [1.54, 1.807) is 14.2 Å². The molecule has 1 atom stereocenters. The van der Waals surface area contributed by atoms with E-state index in [-0.39, 0.29) is 6.10 Å². The molecule has 0 bridgehead atoms. The van der Waals surface area contributed by atoms with E-state index in [4.69, 9.17) is 15.2 Å². The zero-order valence-corrected chi connectivity index (χ0v) is 12.0. The number of methoxy groups -OCH3 is 2. The molecule has 4 nitrogen and oxygen atoms in total. The number of hydrogen-bond donors (Lipinski definition) is 2. The van der Waals surface area contributed by atoms with Gasteiger partial charge in [-0.1, -0.05) is 19.3 Å². The lowest BCUT2D eigenvalue weighted by molar-refractivity contribution is 0.0283. The van der Waals surface area contributed by atoms with Crippen molar-refractivity contribution in [2.24, 2.45) is 11.1 Å². The Labute approximate surface area is 112 Å².